The third-order valence-electron chi connectivity index (χ3n) is 9.19. The van der Waals surface area contributed by atoms with Gasteiger partial charge in [-0.25, -0.2) is 0 Å². The molecule has 0 aliphatic rings. The molecule has 0 bridgehead atoms. The number of phenolic OH excluding ortho intramolecular Hbond substituents is 1. The molecule has 0 aromatic heterocycles. The molecular formula is C40H74OS2. The second-order valence-corrected chi connectivity index (χ2v) is 15.6. The molecule has 1 unspecified atom stereocenters. The van der Waals surface area contributed by atoms with Crippen molar-refractivity contribution in [1.82, 2.24) is 0 Å². The van der Waals surface area contributed by atoms with Crippen LogP contribution in [0.25, 0.3) is 0 Å². The van der Waals surface area contributed by atoms with Gasteiger partial charge in [0, 0.05) is 17.1 Å². The van der Waals surface area contributed by atoms with E-state index in [9.17, 15) is 5.11 Å². The van der Waals surface area contributed by atoms with Crippen LogP contribution in [0.2, 0.25) is 0 Å². The molecule has 1 atom stereocenters. The van der Waals surface area contributed by atoms with Gasteiger partial charge in [0.1, 0.15) is 5.75 Å². The Bertz CT molecular complexity index is 733. The number of rotatable bonds is 32. The van der Waals surface area contributed by atoms with Gasteiger partial charge in [0.05, 0.1) is 0 Å². The minimum atomic E-state index is 0.606. The first-order valence-electron chi connectivity index (χ1n) is 19.1. The molecule has 0 amide bonds. The molecule has 0 radical (unpaired) electrons. The van der Waals surface area contributed by atoms with E-state index in [1.807, 2.05) is 11.8 Å². The summed E-state index contributed by atoms with van der Waals surface area (Å²) in [6.45, 7) is 9.21. The highest BCUT2D eigenvalue weighted by atomic mass is 32.2. The van der Waals surface area contributed by atoms with E-state index in [1.165, 1.54) is 182 Å². The van der Waals surface area contributed by atoms with Crippen LogP contribution >= 0.6 is 23.5 Å². The Kier molecular flexibility index (Phi) is 28.8. The maximum atomic E-state index is 11.3. The standard InChI is InChI=1S/C40H74OS2/c1-5-9-12-14-16-18-20-22-24-26-29-42-34-37-32-38(31-36(8-4)28-11-7-3)40(41)39(33-37)35-43-30-27-25-23-21-19-17-15-13-10-6-2/h32-33,36,41H,5-31,34-35H2,1-4H3. The van der Waals surface area contributed by atoms with E-state index in [0.29, 0.717) is 11.7 Å². The van der Waals surface area contributed by atoms with Crippen molar-refractivity contribution in [3.63, 3.8) is 0 Å². The molecular weight excluding hydrogens is 561 g/mol. The van der Waals surface area contributed by atoms with Crippen molar-refractivity contribution < 1.29 is 5.11 Å². The summed E-state index contributed by atoms with van der Waals surface area (Å²) in [6.07, 6.45) is 34.1. The predicted octanol–water partition coefficient (Wildman–Crippen LogP) is 14.5. The molecule has 0 heterocycles. The lowest BCUT2D eigenvalue weighted by Gasteiger charge is -2.18. The maximum Gasteiger partial charge on any atom is 0.122 e. The third kappa shape index (κ3) is 22.8. The molecule has 0 saturated carbocycles. The Hall–Kier alpha value is -0.280. The fourth-order valence-electron chi connectivity index (χ4n) is 6.19. The Morgan fingerprint density at radius 1 is 0.512 bits per heavy atom. The van der Waals surface area contributed by atoms with Crippen molar-refractivity contribution in [3.8, 4) is 5.75 Å². The van der Waals surface area contributed by atoms with Crippen molar-refractivity contribution in [2.75, 3.05) is 11.5 Å². The van der Waals surface area contributed by atoms with Gasteiger partial charge < -0.3 is 5.11 Å². The summed E-state index contributed by atoms with van der Waals surface area (Å²) < 4.78 is 0. The molecule has 1 aromatic carbocycles. The van der Waals surface area contributed by atoms with Gasteiger partial charge in [-0.05, 0) is 47.8 Å². The molecule has 1 rings (SSSR count). The average molecular weight is 635 g/mol. The molecule has 1 N–H and O–H groups in total. The van der Waals surface area contributed by atoms with Gasteiger partial charge >= 0.3 is 0 Å². The summed E-state index contributed by atoms with van der Waals surface area (Å²) >= 11 is 4.14. The molecule has 252 valence electrons. The van der Waals surface area contributed by atoms with Gasteiger partial charge in [-0.3, -0.25) is 0 Å². The maximum absolute atomic E-state index is 11.3. The summed E-state index contributed by atoms with van der Waals surface area (Å²) in [4.78, 5) is 0. The van der Waals surface area contributed by atoms with Crippen molar-refractivity contribution in [3.05, 3.63) is 28.8 Å². The quantitative estimate of drug-likeness (QED) is 0.0796. The Labute approximate surface area is 279 Å². The lowest BCUT2D eigenvalue weighted by atomic mass is 9.90. The fraction of sp³-hybridized carbons (Fsp3) is 0.850. The van der Waals surface area contributed by atoms with E-state index in [1.54, 1.807) is 0 Å². The van der Waals surface area contributed by atoms with E-state index in [4.69, 9.17) is 0 Å². The Morgan fingerprint density at radius 2 is 0.930 bits per heavy atom. The number of phenols is 1. The molecule has 3 heteroatoms. The fourth-order valence-corrected chi connectivity index (χ4v) is 8.14. The number of hydrogen-bond acceptors (Lipinski definition) is 3. The summed E-state index contributed by atoms with van der Waals surface area (Å²) in [5, 5.41) is 11.3. The molecule has 0 fully saturated rings. The van der Waals surface area contributed by atoms with Gasteiger partial charge in [0.25, 0.3) is 0 Å². The monoisotopic (exact) mass is 635 g/mol. The van der Waals surface area contributed by atoms with Gasteiger partial charge in [-0.1, -0.05) is 181 Å². The Morgan fingerprint density at radius 3 is 1.40 bits per heavy atom. The van der Waals surface area contributed by atoms with Crippen LogP contribution in [-0.4, -0.2) is 16.6 Å². The highest BCUT2D eigenvalue weighted by Gasteiger charge is 2.15. The van der Waals surface area contributed by atoms with Crippen LogP contribution < -0.4 is 0 Å². The van der Waals surface area contributed by atoms with Crippen molar-refractivity contribution in [1.29, 1.82) is 0 Å². The van der Waals surface area contributed by atoms with Crippen molar-refractivity contribution in [2.45, 2.75) is 200 Å². The highest BCUT2D eigenvalue weighted by molar-refractivity contribution is 7.98. The van der Waals surface area contributed by atoms with E-state index >= 15 is 0 Å². The second-order valence-electron chi connectivity index (χ2n) is 13.4. The first-order valence-corrected chi connectivity index (χ1v) is 21.5. The van der Waals surface area contributed by atoms with Crippen LogP contribution in [0.1, 0.15) is 198 Å². The minimum Gasteiger partial charge on any atom is -0.507 e. The Balaban J connectivity index is 2.46. The zero-order valence-electron chi connectivity index (χ0n) is 29.5. The molecule has 1 aromatic rings. The molecule has 0 aliphatic carbocycles. The zero-order valence-corrected chi connectivity index (χ0v) is 31.1. The van der Waals surface area contributed by atoms with E-state index < -0.39 is 0 Å². The number of thioether (sulfide) groups is 2. The van der Waals surface area contributed by atoms with Crippen LogP contribution in [0.3, 0.4) is 0 Å². The van der Waals surface area contributed by atoms with Crippen LogP contribution in [0.5, 0.6) is 5.75 Å². The van der Waals surface area contributed by atoms with Gasteiger partial charge in [0.15, 0.2) is 0 Å². The number of benzene rings is 1. The predicted molar refractivity (Wildman–Crippen MR) is 201 cm³/mol. The normalized spacial score (nSPS) is 12.3. The van der Waals surface area contributed by atoms with Crippen molar-refractivity contribution in [2.24, 2.45) is 5.92 Å². The van der Waals surface area contributed by atoms with Crippen LogP contribution in [0.15, 0.2) is 12.1 Å². The van der Waals surface area contributed by atoms with E-state index in [0.717, 1.165) is 17.9 Å². The number of aromatic hydroxyl groups is 1. The van der Waals surface area contributed by atoms with Crippen LogP contribution in [0, 0.1) is 5.92 Å². The molecule has 0 spiro atoms. The first kappa shape index (κ1) is 40.7. The van der Waals surface area contributed by atoms with Crippen molar-refractivity contribution >= 4 is 23.5 Å². The van der Waals surface area contributed by atoms with Gasteiger partial charge in [-0.2, -0.15) is 23.5 Å². The van der Waals surface area contributed by atoms with Crippen LogP contribution in [0.4, 0.5) is 0 Å². The number of unbranched alkanes of at least 4 members (excludes halogenated alkanes) is 19. The smallest absolute Gasteiger partial charge is 0.122 e. The minimum absolute atomic E-state index is 0.606. The highest BCUT2D eigenvalue weighted by Crippen LogP contribution is 2.33. The summed E-state index contributed by atoms with van der Waals surface area (Å²) in [6, 6.07) is 4.69. The SMILES string of the molecule is CCCCCCCCCCCCSCc1cc(CSCCCCCCCCCCCC)c(O)c(CC(CC)CCCC)c1. The lowest BCUT2D eigenvalue weighted by molar-refractivity contribution is 0.424. The van der Waals surface area contributed by atoms with Gasteiger partial charge in [-0.15, -0.1) is 0 Å². The summed E-state index contributed by atoms with van der Waals surface area (Å²) in [7, 11) is 0. The average Bonchev–Trinajstić information content (AvgIpc) is 3.02. The zero-order chi connectivity index (χ0) is 31.2. The first-order chi connectivity index (χ1) is 21.2. The molecule has 0 saturated heterocycles. The molecule has 0 aliphatic heterocycles. The third-order valence-corrected chi connectivity index (χ3v) is 11.4. The summed E-state index contributed by atoms with van der Waals surface area (Å²) in [5.41, 5.74) is 3.84. The van der Waals surface area contributed by atoms with Crippen LogP contribution in [-0.2, 0) is 17.9 Å². The lowest BCUT2D eigenvalue weighted by Crippen LogP contribution is -2.05. The largest absolute Gasteiger partial charge is 0.507 e. The molecule has 1 nitrogen and oxygen atoms in total. The second kappa shape index (κ2) is 30.4. The topological polar surface area (TPSA) is 20.2 Å². The summed E-state index contributed by atoms with van der Waals surface area (Å²) in [5.74, 6) is 5.83. The molecule has 43 heavy (non-hydrogen) atoms. The van der Waals surface area contributed by atoms with E-state index in [-0.39, 0.29) is 0 Å². The van der Waals surface area contributed by atoms with Gasteiger partial charge in [0.2, 0.25) is 0 Å². The van der Waals surface area contributed by atoms with E-state index in [2.05, 4.69) is 51.6 Å². The number of hydrogen-bond donors (Lipinski definition) is 1.